The van der Waals surface area contributed by atoms with Crippen LogP contribution in [-0.4, -0.2) is 26.9 Å². The summed E-state index contributed by atoms with van der Waals surface area (Å²) in [6.07, 6.45) is 0. The third kappa shape index (κ3) is 2.13. The summed E-state index contributed by atoms with van der Waals surface area (Å²) in [7, 11) is 1.69. The average molecular weight is 207 g/mol. The molecule has 2 atom stereocenters. The van der Waals surface area contributed by atoms with Crippen LogP contribution in [0.25, 0.3) is 0 Å². The highest BCUT2D eigenvalue weighted by Crippen LogP contribution is 2.31. The Balaban J connectivity index is 2.20. The molecule has 1 aliphatic heterocycles. The van der Waals surface area contributed by atoms with E-state index in [2.05, 4.69) is 12.1 Å². The van der Waals surface area contributed by atoms with Gasteiger partial charge in [-0.1, -0.05) is 12.1 Å². The maximum Gasteiger partial charge on any atom is 0.119 e. The molecule has 1 aliphatic rings. The smallest absolute Gasteiger partial charge is 0.119 e. The van der Waals surface area contributed by atoms with Crippen molar-refractivity contribution in [2.45, 2.75) is 5.92 Å². The predicted molar refractivity (Wildman–Crippen MR) is 59.1 cm³/mol. The third-order valence-corrected chi connectivity index (χ3v) is 3.02. The maximum absolute atomic E-state index is 5.72. The van der Waals surface area contributed by atoms with Crippen LogP contribution in [0, 0.1) is 5.92 Å². The molecular weight excluding hydrogens is 190 g/mol. The molecule has 0 aliphatic carbocycles. The fourth-order valence-electron chi connectivity index (χ4n) is 2.07. The van der Waals surface area contributed by atoms with Crippen LogP contribution in [0.4, 0.5) is 0 Å². The van der Waals surface area contributed by atoms with Crippen molar-refractivity contribution in [3.63, 3.8) is 0 Å². The Morgan fingerprint density at radius 2 is 2.33 bits per heavy atom. The summed E-state index contributed by atoms with van der Waals surface area (Å²) in [5.41, 5.74) is 6.99. The Labute approximate surface area is 90.2 Å². The topological polar surface area (TPSA) is 44.5 Å². The lowest BCUT2D eigenvalue weighted by Gasteiger charge is -2.16. The highest BCUT2D eigenvalue weighted by Gasteiger charge is 2.28. The van der Waals surface area contributed by atoms with E-state index in [0.717, 1.165) is 19.0 Å². The van der Waals surface area contributed by atoms with E-state index in [1.54, 1.807) is 7.11 Å². The van der Waals surface area contributed by atoms with Gasteiger partial charge in [-0.2, -0.15) is 0 Å². The first-order chi connectivity index (χ1) is 7.35. The van der Waals surface area contributed by atoms with Gasteiger partial charge in [0.25, 0.3) is 0 Å². The molecule has 0 spiro atoms. The molecule has 0 aromatic heterocycles. The zero-order valence-electron chi connectivity index (χ0n) is 8.98. The number of benzene rings is 1. The highest BCUT2D eigenvalue weighted by atomic mass is 16.5. The normalized spacial score (nSPS) is 25.5. The maximum atomic E-state index is 5.72. The molecule has 1 fully saturated rings. The van der Waals surface area contributed by atoms with Gasteiger partial charge in [-0.25, -0.2) is 0 Å². The second-order valence-electron chi connectivity index (χ2n) is 3.92. The first kappa shape index (κ1) is 10.5. The molecule has 2 unspecified atom stereocenters. The van der Waals surface area contributed by atoms with Crippen molar-refractivity contribution in [1.82, 2.24) is 0 Å². The van der Waals surface area contributed by atoms with Crippen molar-refractivity contribution in [3.05, 3.63) is 29.8 Å². The number of ether oxygens (including phenoxy) is 2. The molecule has 3 heteroatoms. The quantitative estimate of drug-likeness (QED) is 0.814. The highest BCUT2D eigenvalue weighted by molar-refractivity contribution is 5.31. The first-order valence-electron chi connectivity index (χ1n) is 5.27. The van der Waals surface area contributed by atoms with Crippen molar-refractivity contribution in [1.29, 1.82) is 0 Å². The number of hydrogen-bond donors (Lipinski definition) is 1. The lowest BCUT2D eigenvalue weighted by atomic mass is 9.89. The van der Waals surface area contributed by atoms with Crippen LogP contribution in [0.5, 0.6) is 5.75 Å². The van der Waals surface area contributed by atoms with Crippen LogP contribution in [0.3, 0.4) is 0 Å². The van der Waals surface area contributed by atoms with Crippen LogP contribution in [0.15, 0.2) is 24.3 Å². The van der Waals surface area contributed by atoms with Gasteiger partial charge in [-0.05, 0) is 24.2 Å². The SMILES string of the molecule is COc1cccc(C2COCC2CN)c1. The van der Waals surface area contributed by atoms with E-state index < -0.39 is 0 Å². The Hall–Kier alpha value is -1.06. The molecule has 3 nitrogen and oxygen atoms in total. The van der Waals surface area contributed by atoms with Gasteiger partial charge in [-0.15, -0.1) is 0 Å². The van der Waals surface area contributed by atoms with Gasteiger partial charge in [0.15, 0.2) is 0 Å². The van der Waals surface area contributed by atoms with Crippen molar-refractivity contribution < 1.29 is 9.47 Å². The van der Waals surface area contributed by atoms with E-state index in [9.17, 15) is 0 Å². The summed E-state index contributed by atoms with van der Waals surface area (Å²) in [5, 5.41) is 0. The van der Waals surface area contributed by atoms with Crippen LogP contribution in [-0.2, 0) is 4.74 Å². The van der Waals surface area contributed by atoms with Crippen LogP contribution in [0.1, 0.15) is 11.5 Å². The zero-order valence-corrected chi connectivity index (χ0v) is 8.98. The summed E-state index contributed by atoms with van der Waals surface area (Å²) in [4.78, 5) is 0. The van der Waals surface area contributed by atoms with E-state index in [1.807, 2.05) is 12.1 Å². The van der Waals surface area contributed by atoms with Gasteiger partial charge in [0.2, 0.25) is 0 Å². The number of methoxy groups -OCH3 is 1. The first-order valence-corrected chi connectivity index (χ1v) is 5.27. The minimum absolute atomic E-state index is 0.421. The fourth-order valence-corrected chi connectivity index (χ4v) is 2.07. The molecule has 0 bridgehead atoms. The summed E-state index contributed by atoms with van der Waals surface area (Å²) in [6.45, 7) is 2.23. The van der Waals surface area contributed by atoms with Gasteiger partial charge >= 0.3 is 0 Å². The Kier molecular flexibility index (Phi) is 3.23. The van der Waals surface area contributed by atoms with E-state index >= 15 is 0 Å². The predicted octanol–water partition coefficient (Wildman–Crippen LogP) is 1.38. The average Bonchev–Trinajstić information content (AvgIpc) is 2.77. The Morgan fingerprint density at radius 1 is 1.47 bits per heavy atom. The summed E-state index contributed by atoms with van der Waals surface area (Å²) < 4.78 is 10.7. The van der Waals surface area contributed by atoms with Gasteiger partial charge in [0.1, 0.15) is 5.75 Å². The molecule has 1 saturated heterocycles. The molecule has 0 amide bonds. The minimum Gasteiger partial charge on any atom is -0.497 e. The zero-order chi connectivity index (χ0) is 10.7. The van der Waals surface area contributed by atoms with Crippen molar-refractivity contribution >= 4 is 0 Å². The van der Waals surface area contributed by atoms with E-state index in [-0.39, 0.29) is 0 Å². The van der Waals surface area contributed by atoms with E-state index in [1.165, 1.54) is 5.56 Å². The van der Waals surface area contributed by atoms with Crippen LogP contribution < -0.4 is 10.5 Å². The molecule has 1 heterocycles. The molecule has 0 saturated carbocycles. The van der Waals surface area contributed by atoms with Crippen molar-refractivity contribution in [2.24, 2.45) is 11.7 Å². The minimum atomic E-state index is 0.421. The molecule has 15 heavy (non-hydrogen) atoms. The van der Waals surface area contributed by atoms with E-state index in [0.29, 0.717) is 18.4 Å². The second-order valence-corrected chi connectivity index (χ2v) is 3.92. The Morgan fingerprint density at radius 3 is 3.07 bits per heavy atom. The number of nitrogens with two attached hydrogens (primary N) is 1. The molecule has 2 rings (SSSR count). The van der Waals surface area contributed by atoms with Crippen molar-refractivity contribution in [2.75, 3.05) is 26.9 Å². The molecule has 1 aromatic rings. The molecule has 82 valence electrons. The standard InChI is InChI=1S/C12H17NO2/c1-14-11-4-2-3-9(5-11)12-8-15-7-10(12)6-13/h2-5,10,12H,6-8,13H2,1H3. The fraction of sp³-hybridized carbons (Fsp3) is 0.500. The molecular formula is C12H17NO2. The number of hydrogen-bond acceptors (Lipinski definition) is 3. The lowest BCUT2D eigenvalue weighted by molar-refractivity contribution is 0.185. The molecule has 2 N–H and O–H groups in total. The monoisotopic (exact) mass is 207 g/mol. The summed E-state index contributed by atoms with van der Waals surface area (Å²) in [5.74, 6) is 1.76. The van der Waals surface area contributed by atoms with Gasteiger partial charge in [0.05, 0.1) is 20.3 Å². The lowest BCUT2D eigenvalue weighted by Crippen LogP contribution is -2.20. The van der Waals surface area contributed by atoms with Crippen LogP contribution >= 0.6 is 0 Å². The Bertz CT molecular complexity index is 327. The second kappa shape index (κ2) is 4.64. The van der Waals surface area contributed by atoms with Gasteiger partial charge < -0.3 is 15.2 Å². The molecule has 1 aromatic carbocycles. The van der Waals surface area contributed by atoms with E-state index in [4.69, 9.17) is 15.2 Å². The van der Waals surface area contributed by atoms with Crippen LogP contribution in [0.2, 0.25) is 0 Å². The largest absolute Gasteiger partial charge is 0.497 e. The summed E-state index contributed by atoms with van der Waals surface area (Å²) >= 11 is 0. The third-order valence-electron chi connectivity index (χ3n) is 3.02. The summed E-state index contributed by atoms with van der Waals surface area (Å²) in [6, 6.07) is 8.16. The number of rotatable bonds is 3. The molecule has 0 radical (unpaired) electrons. The van der Waals surface area contributed by atoms with Crippen molar-refractivity contribution in [3.8, 4) is 5.75 Å². The van der Waals surface area contributed by atoms with Gasteiger partial charge in [-0.3, -0.25) is 0 Å². The van der Waals surface area contributed by atoms with Gasteiger partial charge in [0, 0.05) is 11.8 Å².